The normalized spacial score (nSPS) is 22.7. The Balaban J connectivity index is 1.56. The van der Waals surface area contributed by atoms with E-state index in [1.54, 1.807) is 7.11 Å². The van der Waals surface area contributed by atoms with Crippen molar-refractivity contribution in [3.8, 4) is 5.75 Å². The van der Waals surface area contributed by atoms with Crippen LogP contribution in [0.2, 0.25) is 0 Å². The Labute approximate surface area is 182 Å². The standard InChI is InChI=1S/C27H28N2O2/c1-3-29-22-9-5-4-7-19(22)24-23(29)15-14-21-25(24)27-20(8-6-16-31-27)26(28-21)17-10-12-18(30-2)13-11-17/h4-5,7,9-15,20,26-28H,3,6,8,16H2,1-2H3/t20-,26-,27-/m0/s1. The summed E-state index contributed by atoms with van der Waals surface area (Å²) in [6.07, 6.45) is 2.38. The van der Waals surface area contributed by atoms with E-state index in [4.69, 9.17) is 9.47 Å². The molecule has 4 nitrogen and oxygen atoms in total. The Bertz CT molecular complexity index is 1260. The summed E-state index contributed by atoms with van der Waals surface area (Å²) in [7, 11) is 1.72. The third kappa shape index (κ3) is 2.78. The molecule has 0 bridgehead atoms. The number of benzene rings is 3. The van der Waals surface area contributed by atoms with Crippen molar-refractivity contribution in [3.05, 3.63) is 71.8 Å². The molecule has 2 aliphatic heterocycles. The van der Waals surface area contributed by atoms with Crippen LogP contribution in [-0.4, -0.2) is 18.3 Å². The van der Waals surface area contributed by atoms with Crippen LogP contribution in [0.1, 0.15) is 43.0 Å². The molecule has 0 saturated carbocycles. The molecule has 3 atom stereocenters. The molecule has 0 spiro atoms. The van der Waals surface area contributed by atoms with Gasteiger partial charge in [-0.15, -0.1) is 0 Å². The highest BCUT2D eigenvalue weighted by atomic mass is 16.5. The van der Waals surface area contributed by atoms with E-state index in [2.05, 4.69) is 77.5 Å². The van der Waals surface area contributed by atoms with Gasteiger partial charge in [0.15, 0.2) is 0 Å². The maximum absolute atomic E-state index is 6.53. The van der Waals surface area contributed by atoms with Gasteiger partial charge in [0.25, 0.3) is 0 Å². The summed E-state index contributed by atoms with van der Waals surface area (Å²) in [5.41, 5.74) is 6.45. The van der Waals surface area contributed by atoms with Gasteiger partial charge in [-0.3, -0.25) is 0 Å². The highest BCUT2D eigenvalue weighted by Crippen LogP contribution is 2.52. The van der Waals surface area contributed by atoms with Gasteiger partial charge in [0, 0.05) is 52.1 Å². The molecule has 158 valence electrons. The van der Waals surface area contributed by atoms with E-state index >= 15 is 0 Å². The van der Waals surface area contributed by atoms with Gasteiger partial charge >= 0.3 is 0 Å². The van der Waals surface area contributed by atoms with Gasteiger partial charge in [-0.2, -0.15) is 0 Å². The number of hydrogen-bond donors (Lipinski definition) is 1. The second-order valence-corrected chi connectivity index (χ2v) is 8.67. The SMILES string of the molecule is CCn1c2ccccc2c2c3c(ccc21)N[C@@H](c1ccc(OC)cc1)[C@@H]1CCCO[C@H]31. The lowest BCUT2D eigenvalue weighted by atomic mass is 9.76. The molecule has 31 heavy (non-hydrogen) atoms. The summed E-state index contributed by atoms with van der Waals surface area (Å²) in [5, 5.41) is 6.59. The van der Waals surface area contributed by atoms with Gasteiger partial charge in [-0.05, 0) is 55.7 Å². The first-order valence-electron chi connectivity index (χ1n) is 11.4. The first-order chi connectivity index (χ1) is 15.3. The fraction of sp³-hybridized carbons (Fsp3) is 0.333. The maximum atomic E-state index is 6.53. The van der Waals surface area contributed by atoms with Crippen LogP contribution < -0.4 is 10.1 Å². The zero-order valence-electron chi connectivity index (χ0n) is 18.1. The Morgan fingerprint density at radius 3 is 2.68 bits per heavy atom. The number of nitrogens with one attached hydrogen (secondary N) is 1. The van der Waals surface area contributed by atoms with E-state index < -0.39 is 0 Å². The largest absolute Gasteiger partial charge is 0.497 e. The van der Waals surface area contributed by atoms with Crippen LogP contribution in [0.3, 0.4) is 0 Å². The Morgan fingerprint density at radius 1 is 1.03 bits per heavy atom. The number of fused-ring (bicyclic) bond motifs is 7. The van der Waals surface area contributed by atoms with Gasteiger partial charge in [0.2, 0.25) is 0 Å². The number of methoxy groups -OCH3 is 1. The lowest BCUT2D eigenvalue weighted by Crippen LogP contribution is -2.36. The predicted molar refractivity (Wildman–Crippen MR) is 126 cm³/mol. The highest BCUT2D eigenvalue weighted by Gasteiger charge is 2.41. The van der Waals surface area contributed by atoms with Gasteiger partial charge < -0.3 is 19.4 Å². The average Bonchev–Trinajstić information content (AvgIpc) is 3.17. The van der Waals surface area contributed by atoms with Gasteiger partial charge in [-0.1, -0.05) is 30.3 Å². The molecule has 4 aromatic rings. The summed E-state index contributed by atoms with van der Waals surface area (Å²) in [6.45, 7) is 4.02. The molecule has 3 aromatic carbocycles. The predicted octanol–water partition coefficient (Wildman–Crippen LogP) is 6.46. The number of hydrogen-bond acceptors (Lipinski definition) is 3. The first kappa shape index (κ1) is 18.8. The van der Waals surface area contributed by atoms with Crippen LogP contribution >= 0.6 is 0 Å². The molecule has 1 N–H and O–H groups in total. The number of para-hydroxylation sites is 1. The third-order valence-corrected chi connectivity index (χ3v) is 7.16. The fourth-order valence-electron chi connectivity index (χ4n) is 5.79. The van der Waals surface area contributed by atoms with E-state index in [0.29, 0.717) is 5.92 Å². The molecule has 4 heteroatoms. The van der Waals surface area contributed by atoms with Crippen LogP contribution in [0.5, 0.6) is 5.75 Å². The molecule has 0 amide bonds. The Hall–Kier alpha value is -2.98. The van der Waals surface area contributed by atoms with Crippen molar-refractivity contribution in [1.29, 1.82) is 0 Å². The molecule has 1 fully saturated rings. The minimum absolute atomic E-state index is 0.108. The zero-order valence-corrected chi connectivity index (χ0v) is 18.1. The molecular formula is C27H28N2O2. The van der Waals surface area contributed by atoms with Gasteiger partial charge in [-0.25, -0.2) is 0 Å². The monoisotopic (exact) mass is 412 g/mol. The Kier molecular flexibility index (Phi) is 4.43. The van der Waals surface area contributed by atoms with Crippen molar-refractivity contribution in [2.75, 3.05) is 19.0 Å². The quantitative estimate of drug-likeness (QED) is 0.419. The smallest absolute Gasteiger partial charge is 0.118 e. The second-order valence-electron chi connectivity index (χ2n) is 8.67. The topological polar surface area (TPSA) is 35.4 Å². The van der Waals surface area contributed by atoms with Crippen molar-refractivity contribution in [2.24, 2.45) is 5.92 Å². The zero-order chi connectivity index (χ0) is 20.9. The van der Waals surface area contributed by atoms with Gasteiger partial charge in [0.1, 0.15) is 5.75 Å². The molecule has 0 unspecified atom stereocenters. The summed E-state index contributed by atoms with van der Waals surface area (Å²) in [6, 6.07) is 22.1. The van der Waals surface area contributed by atoms with Crippen molar-refractivity contribution in [1.82, 2.24) is 4.57 Å². The van der Waals surface area contributed by atoms with E-state index in [1.807, 2.05) is 0 Å². The van der Waals surface area contributed by atoms with Crippen molar-refractivity contribution < 1.29 is 9.47 Å². The van der Waals surface area contributed by atoms with Crippen LogP contribution in [0, 0.1) is 5.92 Å². The summed E-state index contributed by atoms with van der Waals surface area (Å²) in [4.78, 5) is 0. The number of aromatic nitrogens is 1. The molecule has 3 heterocycles. The van der Waals surface area contributed by atoms with E-state index in [1.165, 1.54) is 38.6 Å². The van der Waals surface area contributed by atoms with Crippen molar-refractivity contribution in [3.63, 3.8) is 0 Å². The molecule has 0 radical (unpaired) electrons. The van der Waals surface area contributed by atoms with Crippen LogP contribution in [0.25, 0.3) is 21.8 Å². The second kappa shape index (κ2) is 7.31. The number of anilines is 1. The molecule has 1 aromatic heterocycles. The van der Waals surface area contributed by atoms with Crippen molar-refractivity contribution >= 4 is 27.5 Å². The van der Waals surface area contributed by atoms with E-state index in [0.717, 1.165) is 31.7 Å². The molecule has 0 aliphatic carbocycles. The summed E-state index contributed by atoms with van der Waals surface area (Å²) in [5.74, 6) is 1.30. The fourth-order valence-corrected chi connectivity index (χ4v) is 5.79. The maximum Gasteiger partial charge on any atom is 0.118 e. The van der Waals surface area contributed by atoms with Crippen molar-refractivity contribution in [2.45, 2.75) is 38.5 Å². The number of rotatable bonds is 3. The number of aryl methyl sites for hydroxylation is 1. The lowest BCUT2D eigenvalue weighted by Gasteiger charge is -2.43. The summed E-state index contributed by atoms with van der Waals surface area (Å²) >= 11 is 0. The first-order valence-corrected chi connectivity index (χ1v) is 11.4. The minimum atomic E-state index is 0.108. The minimum Gasteiger partial charge on any atom is -0.497 e. The molecule has 6 rings (SSSR count). The number of nitrogens with zero attached hydrogens (tertiary/aromatic N) is 1. The van der Waals surface area contributed by atoms with E-state index in [9.17, 15) is 0 Å². The lowest BCUT2D eigenvalue weighted by molar-refractivity contribution is -0.0372. The average molecular weight is 413 g/mol. The molecule has 2 aliphatic rings. The van der Waals surface area contributed by atoms with Crippen LogP contribution in [0.4, 0.5) is 5.69 Å². The van der Waals surface area contributed by atoms with E-state index in [-0.39, 0.29) is 12.1 Å². The Morgan fingerprint density at radius 2 is 1.87 bits per heavy atom. The summed E-state index contributed by atoms with van der Waals surface area (Å²) < 4.78 is 14.3. The van der Waals surface area contributed by atoms with Gasteiger partial charge in [0.05, 0.1) is 19.3 Å². The van der Waals surface area contributed by atoms with Crippen LogP contribution in [-0.2, 0) is 11.3 Å². The number of ether oxygens (including phenoxy) is 2. The molecule has 1 saturated heterocycles. The van der Waals surface area contributed by atoms with Crippen LogP contribution in [0.15, 0.2) is 60.7 Å². The molecular weight excluding hydrogens is 384 g/mol. The highest BCUT2D eigenvalue weighted by molar-refractivity contribution is 6.11. The third-order valence-electron chi connectivity index (χ3n) is 7.16.